The first-order valence-electron chi connectivity index (χ1n) is 9.88. The van der Waals surface area contributed by atoms with Crippen LogP contribution in [-0.2, 0) is 0 Å². The van der Waals surface area contributed by atoms with E-state index in [4.69, 9.17) is 0 Å². The molecule has 1 saturated heterocycles. The Kier molecular flexibility index (Phi) is 6.95. The second kappa shape index (κ2) is 9.49. The van der Waals surface area contributed by atoms with Gasteiger partial charge in [-0.05, 0) is 31.4 Å². The Morgan fingerprint density at radius 2 is 1.97 bits per heavy atom. The molecule has 2 atom stereocenters. The topological polar surface area (TPSA) is 72.6 Å². The number of amides is 1. The molecular weight excluding hydrogens is 430 g/mol. The highest BCUT2D eigenvalue weighted by Crippen LogP contribution is 2.33. The number of carbonyl (C=O) groups excluding carboxylic acids is 1. The maximum absolute atomic E-state index is 14.1. The number of carbonyl (C=O) groups is 1. The Morgan fingerprint density at radius 1 is 1.31 bits per heavy atom. The Labute approximate surface area is 182 Å². The summed E-state index contributed by atoms with van der Waals surface area (Å²) in [5.74, 6) is -3.30. The van der Waals surface area contributed by atoms with Crippen LogP contribution in [0.4, 0.5) is 23.5 Å². The lowest BCUT2D eigenvalue weighted by Gasteiger charge is -2.38. The van der Waals surface area contributed by atoms with Gasteiger partial charge in [0, 0.05) is 30.3 Å². The molecule has 2 aromatic rings. The molecule has 1 amide bonds. The third-order valence-corrected chi connectivity index (χ3v) is 5.52. The van der Waals surface area contributed by atoms with Crippen molar-refractivity contribution in [2.75, 3.05) is 20.2 Å². The van der Waals surface area contributed by atoms with Gasteiger partial charge >= 0.3 is 0 Å². The normalized spacial score (nSPS) is 19.4. The van der Waals surface area contributed by atoms with Crippen molar-refractivity contribution in [1.29, 1.82) is 0 Å². The lowest BCUT2D eigenvalue weighted by Crippen LogP contribution is -2.44. The molecule has 1 aromatic carbocycles. The zero-order chi connectivity index (χ0) is 23.6. The number of methoxy groups -OCH3 is 1. The number of rotatable bonds is 6. The van der Waals surface area contributed by atoms with Gasteiger partial charge in [-0.25, -0.2) is 27.2 Å². The smallest absolute Gasteiger partial charge is 0.276 e. The first kappa shape index (κ1) is 23.4. The van der Waals surface area contributed by atoms with Gasteiger partial charge in [0.05, 0.1) is 12.8 Å². The minimum absolute atomic E-state index is 0.0391. The molecule has 0 unspecified atom stereocenters. The molecule has 2 heterocycles. The summed E-state index contributed by atoms with van der Waals surface area (Å²) in [7, 11) is 1.14. The van der Waals surface area contributed by atoms with E-state index >= 15 is 0 Å². The minimum Gasteiger partial charge on any atom is -0.491 e. The lowest BCUT2D eigenvalue weighted by atomic mass is 9.84. The number of likely N-dealkylation sites (tertiary alicyclic amines) is 1. The van der Waals surface area contributed by atoms with Crippen molar-refractivity contribution in [3.05, 3.63) is 42.2 Å². The fourth-order valence-corrected chi connectivity index (χ4v) is 3.63. The number of aromatic nitrogens is 3. The zero-order valence-corrected chi connectivity index (χ0v) is 17.9. The molecule has 0 N–H and O–H groups in total. The first-order valence-corrected chi connectivity index (χ1v) is 9.88. The molecule has 3 rings (SSSR count). The molecule has 172 valence electrons. The van der Waals surface area contributed by atoms with E-state index in [1.807, 2.05) is 6.92 Å². The molecule has 0 bridgehead atoms. The highest BCUT2D eigenvalue weighted by molar-refractivity contribution is 5.94. The summed E-state index contributed by atoms with van der Waals surface area (Å²) < 4.78 is 59.8. The van der Waals surface area contributed by atoms with Crippen molar-refractivity contribution in [1.82, 2.24) is 19.7 Å². The number of hydrogen-bond donors (Lipinski definition) is 0. The number of ether oxygens (including phenoxy) is 1. The van der Waals surface area contributed by atoms with Gasteiger partial charge < -0.3 is 9.64 Å². The summed E-state index contributed by atoms with van der Waals surface area (Å²) in [6.45, 7) is 7.76. The predicted octanol–water partition coefficient (Wildman–Crippen LogP) is 4.19. The number of alkyl halides is 2. The maximum Gasteiger partial charge on any atom is 0.276 e. The molecule has 0 radical (unpaired) electrons. The van der Waals surface area contributed by atoms with Gasteiger partial charge in [0.1, 0.15) is 6.33 Å². The van der Waals surface area contributed by atoms with Crippen molar-refractivity contribution >= 4 is 23.3 Å². The van der Waals surface area contributed by atoms with E-state index in [2.05, 4.69) is 26.4 Å². The van der Waals surface area contributed by atoms with Crippen LogP contribution in [0.5, 0.6) is 5.75 Å². The van der Waals surface area contributed by atoms with Crippen LogP contribution in [0.15, 0.2) is 30.0 Å². The number of aliphatic imine (C=N–C) groups is 1. The third kappa shape index (κ3) is 4.66. The maximum atomic E-state index is 14.1. The van der Waals surface area contributed by atoms with Gasteiger partial charge in [-0.15, -0.1) is 0 Å². The van der Waals surface area contributed by atoms with E-state index in [1.165, 1.54) is 22.8 Å². The van der Waals surface area contributed by atoms with Gasteiger partial charge in [0.15, 0.2) is 17.4 Å². The van der Waals surface area contributed by atoms with Crippen LogP contribution in [0.25, 0.3) is 5.70 Å². The number of hydrogen-bond acceptors (Lipinski definition) is 5. The predicted molar refractivity (Wildman–Crippen MR) is 110 cm³/mol. The standard InChI is InChI=1S/C21H23F4N5O2/c1-11-5-6-29(20(31)14-7-16(22)18(32-4)17(23)8-14)9-15(11)13(3)30-21(26-10-27-30)28-12(2)19(24)25/h7-8,10-11,15,19H,3,5-6,9H2,1-2,4H3/b28-12+/t11-,15-/m1/s1. The Hall–Kier alpha value is -3.24. The fraction of sp³-hybridized carbons (Fsp3) is 0.429. The van der Waals surface area contributed by atoms with Gasteiger partial charge in [-0.1, -0.05) is 13.5 Å². The van der Waals surface area contributed by atoms with Gasteiger partial charge in [-0.3, -0.25) is 4.79 Å². The molecule has 0 spiro atoms. The van der Waals surface area contributed by atoms with Crippen molar-refractivity contribution in [3.63, 3.8) is 0 Å². The first-order chi connectivity index (χ1) is 15.1. The quantitative estimate of drug-likeness (QED) is 0.486. The Morgan fingerprint density at radius 3 is 2.56 bits per heavy atom. The zero-order valence-electron chi connectivity index (χ0n) is 17.9. The summed E-state index contributed by atoms with van der Waals surface area (Å²) in [5, 5.41) is 4.05. The molecule has 0 aliphatic carbocycles. The lowest BCUT2D eigenvalue weighted by molar-refractivity contribution is 0.0652. The average molecular weight is 453 g/mol. The summed E-state index contributed by atoms with van der Waals surface area (Å²) in [4.78, 5) is 22.1. The van der Waals surface area contributed by atoms with Crippen LogP contribution >= 0.6 is 0 Å². The Balaban J connectivity index is 1.83. The molecule has 7 nitrogen and oxygen atoms in total. The largest absolute Gasteiger partial charge is 0.491 e. The SMILES string of the molecule is C=C([C@@H]1CN(C(=O)c2cc(F)c(OC)c(F)c2)CC[C@H]1C)n1ncnc1/N=C(\C)C(F)F. The monoisotopic (exact) mass is 453 g/mol. The fourth-order valence-electron chi connectivity index (χ4n) is 3.63. The third-order valence-electron chi connectivity index (χ3n) is 5.52. The number of nitrogens with zero attached hydrogens (tertiary/aromatic N) is 5. The van der Waals surface area contributed by atoms with E-state index in [9.17, 15) is 22.4 Å². The average Bonchev–Trinajstić information content (AvgIpc) is 3.20. The highest BCUT2D eigenvalue weighted by atomic mass is 19.3. The van der Waals surface area contributed by atoms with Crippen LogP contribution in [0.3, 0.4) is 0 Å². The molecular formula is C21H23F4N5O2. The van der Waals surface area contributed by atoms with Crippen molar-refractivity contribution in [2.24, 2.45) is 16.8 Å². The van der Waals surface area contributed by atoms with Crippen LogP contribution < -0.4 is 4.74 Å². The van der Waals surface area contributed by atoms with Crippen molar-refractivity contribution in [3.8, 4) is 5.75 Å². The summed E-state index contributed by atoms with van der Waals surface area (Å²) in [5.41, 5.74) is -0.122. The number of piperidine rings is 1. The van der Waals surface area contributed by atoms with Gasteiger partial charge in [0.2, 0.25) is 0 Å². The summed E-state index contributed by atoms with van der Waals surface area (Å²) >= 11 is 0. The summed E-state index contributed by atoms with van der Waals surface area (Å²) in [6, 6.07) is 1.87. The van der Waals surface area contributed by atoms with Crippen LogP contribution in [-0.4, -0.2) is 57.9 Å². The van der Waals surface area contributed by atoms with Gasteiger partial charge in [-0.2, -0.15) is 10.1 Å². The Bertz CT molecular complexity index is 1030. The summed E-state index contributed by atoms with van der Waals surface area (Å²) in [6.07, 6.45) is -0.956. The highest BCUT2D eigenvalue weighted by Gasteiger charge is 2.33. The van der Waals surface area contributed by atoms with Crippen LogP contribution in [0.1, 0.15) is 30.6 Å². The van der Waals surface area contributed by atoms with Crippen molar-refractivity contribution < 1.29 is 27.1 Å². The number of halogens is 4. The van der Waals surface area contributed by atoms with Crippen LogP contribution in [0, 0.1) is 23.5 Å². The van der Waals surface area contributed by atoms with E-state index in [0.29, 0.717) is 18.7 Å². The van der Waals surface area contributed by atoms with Gasteiger partial charge in [0.25, 0.3) is 18.3 Å². The minimum atomic E-state index is -2.74. The van der Waals surface area contributed by atoms with E-state index < -0.39 is 35.4 Å². The van der Waals surface area contributed by atoms with E-state index in [1.54, 1.807) is 0 Å². The van der Waals surface area contributed by atoms with Crippen LogP contribution in [0.2, 0.25) is 0 Å². The molecule has 1 aliphatic rings. The molecule has 1 aliphatic heterocycles. The molecule has 1 fully saturated rings. The second-order valence-electron chi connectivity index (χ2n) is 7.61. The molecule has 1 aromatic heterocycles. The number of benzene rings is 1. The molecule has 32 heavy (non-hydrogen) atoms. The van der Waals surface area contributed by atoms with Crippen molar-refractivity contribution in [2.45, 2.75) is 26.7 Å². The van der Waals surface area contributed by atoms with E-state index in [0.717, 1.165) is 19.2 Å². The second-order valence-corrected chi connectivity index (χ2v) is 7.61. The van der Waals surface area contributed by atoms with E-state index in [-0.39, 0.29) is 29.9 Å². The molecule has 0 saturated carbocycles. The molecule has 11 heteroatoms.